The molecule has 1 aliphatic rings. The van der Waals surface area contributed by atoms with E-state index in [0.717, 1.165) is 12.8 Å². The van der Waals surface area contributed by atoms with E-state index in [0.29, 0.717) is 12.6 Å². The number of ether oxygens (including phenoxy) is 1. The summed E-state index contributed by atoms with van der Waals surface area (Å²) in [7, 11) is 1.33. The van der Waals surface area contributed by atoms with Crippen LogP contribution in [-0.4, -0.2) is 19.6 Å². The molecule has 1 aromatic rings. The SMILES string of the molecule is COC(=O)C#CCN[C@@H]1CCc2ccccc21. The summed E-state index contributed by atoms with van der Waals surface area (Å²) in [4.78, 5) is 10.8. The van der Waals surface area contributed by atoms with Crippen molar-refractivity contribution in [1.29, 1.82) is 0 Å². The molecule has 0 unspecified atom stereocenters. The van der Waals surface area contributed by atoms with Gasteiger partial charge < -0.3 is 4.74 Å². The van der Waals surface area contributed by atoms with Gasteiger partial charge in [0.15, 0.2) is 0 Å². The Morgan fingerprint density at radius 1 is 1.53 bits per heavy atom. The van der Waals surface area contributed by atoms with Crippen molar-refractivity contribution in [2.45, 2.75) is 18.9 Å². The topological polar surface area (TPSA) is 38.3 Å². The van der Waals surface area contributed by atoms with Gasteiger partial charge in [-0.2, -0.15) is 0 Å². The Balaban J connectivity index is 1.89. The summed E-state index contributed by atoms with van der Waals surface area (Å²) < 4.78 is 4.44. The van der Waals surface area contributed by atoms with E-state index >= 15 is 0 Å². The maximum atomic E-state index is 10.8. The smallest absolute Gasteiger partial charge is 0.384 e. The maximum absolute atomic E-state index is 10.8. The molecule has 0 fully saturated rings. The summed E-state index contributed by atoms with van der Waals surface area (Å²) >= 11 is 0. The molecule has 17 heavy (non-hydrogen) atoms. The van der Waals surface area contributed by atoms with Gasteiger partial charge in [-0.25, -0.2) is 4.79 Å². The van der Waals surface area contributed by atoms with Gasteiger partial charge in [0.05, 0.1) is 13.7 Å². The number of aryl methyl sites for hydroxylation is 1. The molecular weight excluding hydrogens is 214 g/mol. The highest BCUT2D eigenvalue weighted by atomic mass is 16.5. The third-order valence-electron chi connectivity index (χ3n) is 2.95. The average Bonchev–Trinajstić information content (AvgIpc) is 2.78. The molecule has 1 atom stereocenters. The predicted molar refractivity (Wildman–Crippen MR) is 65.3 cm³/mol. The third kappa shape index (κ3) is 2.86. The van der Waals surface area contributed by atoms with Gasteiger partial charge in [-0.3, -0.25) is 5.32 Å². The Bertz CT molecular complexity index is 471. The lowest BCUT2D eigenvalue weighted by Gasteiger charge is -2.11. The van der Waals surface area contributed by atoms with Crippen LogP contribution in [-0.2, 0) is 16.0 Å². The van der Waals surface area contributed by atoms with Gasteiger partial charge in [0.25, 0.3) is 0 Å². The van der Waals surface area contributed by atoms with Crippen molar-refractivity contribution in [3.8, 4) is 11.8 Å². The fourth-order valence-electron chi connectivity index (χ4n) is 2.11. The zero-order valence-electron chi connectivity index (χ0n) is 9.82. The second-order valence-electron chi connectivity index (χ2n) is 3.96. The van der Waals surface area contributed by atoms with Crippen molar-refractivity contribution in [3.05, 3.63) is 35.4 Å². The molecule has 3 nitrogen and oxygen atoms in total. The average molecular weight is 229 g/mol. The number of benzene rings is 1. The molecule has 3 heteroatoms. The quantitative estimate of drug-likeness (QED) is 0.474. The van der Waals surface area contributed by atoms with Gasteiger partial charge in [0, 0.05) is 12.0 Å². The summed E-state index contributed by atoms with van der Waals surface area (Å²) in [6.07, 6.45) is 2.21. The fourth-order valence-corrected chi connectivity index (χ4v) is 2.11. The van der Waals surface area contributed by atoms with Crippen molar-refractivity contribution in [1.82, 2.24) is 5.32 Å². The molecule has 0 aliphatic heterocycles. The number of rotatable bonds is 2. The zero-order chi connectivity index (χ0) is 12.1. The second kappa shape index (κ2) is 5.51. The number of methoxy groups -OCH3 is 1. The van der Waals surface area contributed by atoms with Crippen LogP contribution in [0, 0.1) is 11.8 Å². The first-order valence-electron chi connectivity index (χ1n) is 5.69. The molecule has 0 spiro atoms. The van der Waals surface area contributed by atoms with Crippen LogP contribution in [0.5, 0.6) is 0 Å². The van der Waals surface area contributed by atoms with Crippen LogP contribution < -0.4 is 5.32 Å². The summed E-state index contributed by atoms with van der Waals surface area (Å²) in [5.41, 5.74) is 2.76. The number of carbonyl (C=O) groups excluding carboxylic acids is 1. The third-order valence-corrected chi connectivity index (χ3v) is 2.95. The van der Waals surface area contributed by atoms with Crippen LogP contribution in [0.25, 0.3) is 0 Å². The lowest BCUT2D eigenvalue weighted by Crippen LogP contribution is -2.19. The van der Waals surface area contributed by atoms with Crippen molar-refractivity contribution in [2.24, 2.45) is 0 Å². The summed E-state index contributed by atoms with van der Waals surface area (Å²) in [5, 5.41) is 3.34. The molecule has 88 valence electrons. The molecule has 1 aliphatic carbocycles. The molecule has 2 rings (SSSR count). The first kappa shape index (κ1) is 11.7. The largest absolute Gasteiger partial charge is 0.459 e. The molecular formula is C14H15NO2. The lowest BCUT2D eigenvalue weighted by atomic mass is 10.1. The normalized spacial score (nSPS) is 16.9. The zero-order valence-corrected chi connectivity index (χ0v) is 9.82. The maximum Gasteiger partial charge on any atom is 0.384 e. The molecule has 1 aromatic carbocycles. The van der Waals surface area contributed by atoms with Gasteiger partial charge in [0.2, 0.25) is 0 Å². The van der Waals surface area contributed by atoms with E-state index in [9.17, 15) is 4.79 Å². The van der Waals surface area contributed by atoms with E-state index in [-0.39, 0.29) is 0 Å². The number of hydrogen-bond donors (Lipinski definition) is 1. The molecule has 0 aromatic heterocycles. The van der Waals surface area contributed by atoms with Crippen molar-refractivity contribution < 1.29 is 9.53 Å². The van der Waals surface area contributed by atoms with Crippen LogP contribution in [0.15, 0.2) is 24.3 Å². The number of hydrogen-bond acceptors (Lipinski definition) is 3. The summed E-state index contributed by atoms with van der Waals surface area (Å²) in [6.45, 7) is 0.508. The van der Waals surface area contributed by atoms with Gasteiger partial charge >= 0.3 is 5.97 Å². The van der Waals surface area contributed by atoms with Crippen LogP contribution in [0.4, 0.5) is 0 Å². The highest BCUT2D eigenvalue weighted by molar-refractivity contribution is 5.88. The number of esters is 1. The highest BCUT2D eigenvalue weighted by Crippen LogP contribution is 2.30. The standard InChI is InChI=1S/C14H15NO2/c1-17-14(16)7-4-10-15-13-9-8-11-5-2-3-6-12(11)13/h2-3,5-6,13,15H,8-10H2,1H3/t13-/m1/s1. The summed E-state index contributed by atoms with van der Waals surface area (Å²) in [6, 6.07) is 8.79. The van der Waals surface area contributed by atoms with E-state index in [2.05, 4.69) is 46.2 Å². The molecule has 0 heterocycles. The van der Waals surface area contributed by atoms with E-state index in [1.54, 1.807) is 0 Å². The molecule has 0 amide bonds. The minimum Gasteiger partial charge on any atom is -0.459 e. The Labute approximate surface area is 101 Å². The van der Waals surface area contributed by atoms with Crippen molar-refractivity contribution in [2.75, 3.05) is 13.7 Å². The van der Waals surface area contributed by atoms with Crippen LogP contribution in [0.3, 0.4) is 0 Å². The van der Waals surface area contributed by atoms with Gasteiger partial charge in [-0.05, 0) is 24.0 Å². The Morgan fingerprint density at radius 3 is 3.18 bits per heavy atom. The highest BCUT2D eigenvalue weighted by Gasteiger charge is 2.20. The molecule has 0 bridgehead atoms. The molecule has 0 radical (unpaired) electrons. The van der Waals surface area contributed by atoms with E-state index in [4.69, 9.17) is 0 Å². The van der Waals surface area contributed by atoms with Gasteiger partial charge in [-0.1, -0.05) is 30.2 Å². The minimum atomic E-state index is -0.487. The van der Waals surface area contributed by atoms with E-state index < -0.39 is 5.97 Å². The van der Waals surface area contributed by atoms with Crippen LogP contribution in [0.1, 0.15) is 23.6 Å². The Kier molecular flexibility index (Phi) is 3.79. The summed E-state index contributed by atoms with van der Waals surface area (Å²) in [5.74, 6) is 4.68. The first-order valence-corrected chi connectivity index (χ1v) is 5.69. The number of nitrogens with one attached hydrogen (secondary N) is 1. The van der Waals surface area contributed by atoms with E-state index in [1.165, 1.54) is 18.2 Å². The minimum absolute atomic E-state index is 0.359. The second-order valence-corrected chi connectivity index (χ2v) is 3.96. The van der Waals surface area contributed by atoms with E-state index in [1.807, 2.05) is 0 Å². The van der Waals surface area contributed by atoms with Crippen LogP contribution in [0.2, 0.25) is 0 Å². The monoisotopic (exact) mass is 229 g/mol. The van der Waals surface area contributed by atoms with Gasteiger partial charge in [0.1, 0.15) is 0 Å². The lowest BCUT2D eigenvalue weighted by molar-refractivity contribution is -0.133. The van der Waals surface area contributed by atoms with Gasteiger partial charge in [-0.15, -0.1) is 0 Å². The number of carbonyl (C=O) groups is 1. The molecule has 0 saturated heterocycles. The predicted octanol–water partition coefficient (Wildman–Crippen LogP) is 1.44. The fraction of sp³-hybridized carbons (Fsp3) is 0.357. The first-order chi connectivity index (χ1) is 8.31. The van der Waals surface area contributed by atoms with Crippen LogP contribution >= 0.6 is 0 Å². The Hall–Kier alpha value is -1.79. The van der Waals surface area contributed by atoms with Crippen molar-refractivity contribution in [3.63, 3.8) is 0 Å². The van der Waals surface area contributed by atoms with Crippen molar-refractivity contribution >= 4 is 5.97 Å². The number of fused-ring (bicyclic) bond motifs is 1. The molecule has 1 N–H and O–H groups in total. The Morgan fingerprint density at radius 2 is 2.35 bits per heavy atom. The molecule has 0 saturated carbocycles.